The van der Waals surface area contributed by atoms with Crippen molar-refractivity contribution in [3.63, 3.8) is 0 Å². The molecule has 0 fully saturated rings. The topological polar surface area (TPSA) is 17.1 Å². The minimum absolute atomic E-state index is 0.0505. The van der Waals surface area contributed by atoms with E-state index >= 15 is 0 Å². The first-order chi connectivity index (χ1) is 9.53. The molecule has 1 heteroatoms. The molecule has 0 aliphatic heterocycles. The Morgan fingerprint density at radius 2 is 1.48 bits per heavy atom. The number of Topliss-reactive ketones (excluding diaryl/α,β-unsaturated/α-hetero) is 1. The van der Waals surface area contributed by atoms with Crippen LogP contribution in [0.2, 0.25) is 0 Å². The number of carbonyl (C=O) groups is 1. The molecule has 0 amide bonds. The number of ketones is 1. The van der Waals surface area contributed by atoms with E-state index in [0.717, 1.165) is 5.56 Å². The third-order valence-electron chi connectivity index (χ3n) is 3.98. The molecular weight excluding hydrogens is 256 g/mol. The largest absolute Gasteiger partial charge is 0.295 e. The minimum Gasteiger partial charge on any atom is -0.295 e. The van der Waals surface area contributed by atoms with Crippen LogP contribution in [-0.2, 0) is 10.8 Å². The SMILES string of the molecule is CC(=O)c1ccc2cccc(C(C)(C)C)c2c1C(C)(C)C. The molecule has 0 bridgehead atoms. The van der Waals surface area contributed by atoms with Gasteiger partial charge < -0.3 is 0 Å². The lowest BCUT2D eigenvalue weighted by Gasteiger charge is -2.29. The first kappa shape index (κ1) is 15.8. The highest BCUT2D eigenvalue weighted by atomic mass is 16.1. The summed E-state index contributed by atoms with van der Waals surface area (Å²) in [6.07, 6.45) is 0. The highest BCUT2D eigenvalue weighted by Crippen LogP contribution is 2.39. The fourth-order valence-corrected chi connectivity index (χ4v) is 3.08. The average molecular weight is 282 g/mol. The van der Waals surface area contributed by atoms with Crippen molar-refractivity contribution in [2.75, 3.05) is 0 Å². The van der Waals surface area contributed by atoms with Gasteiger partial charge in [0.1, 0.15) is 0 Å². The fourth-order valence-electron chi connectivity index (χ4n) is 3.08. The van der Waals surface area contributed by atoms with Crippen LogP contribution in [-0.4, -0.2) is 5.78 Å². The molecule has 2 aromatic carbocycles. The van der Waals surface area contributed by atoms with Crippen LogP contribution in [0.1, 0.15) is 70.0 Å². The Morgan fingerprint density at radius 3 is 1.95 bits per heavy atom. The zero-order valence-corrected chi connectivity index (χ0v) is 14.3. The van der Waals surface area contributed by atoms with E-state index in [1.807, 2.05) is 6.07 Å². The summed E-state index contributed by atoms with van der Waals surface area (Å²) >= 11 is 0. The van der Waals surface area contributed by atoms with Gasteiger partial charge in [-0.05, 0) is 39.7 Å². The lowest BCUT2D eigenvalue weighted by molar-refractivity contribution is 0.101. The van der Waals surface area contributed by atoms with E-state index in [1.165, 1.54) is 21.9 Å². The van der Waals surface area contributed by atoms with E-state index in [4.69, 9.17) is 0 Å². The first-order valence-electron chi connectivity index (χ1n) is 7.61. The summed E-state index contributed by atoms with van der Waals surface area (Å²) < 4.78 is 0. The van der Waals surface area contributed by atoms with Gasteiger partial charge in [-0.3, -0.25) is 4.79 Å². The van der Waals surface area contributed by atoms with Crippen molar-refractivity contribution < 1.29 is 4.79 Å². The second-order valence-electron chi connectivity index (χ2n) is 7.95. The lowest BCUT2D eigenvalue weighted by atomic mass is 9.74. The van der Waals surface area contributed by atoms with E-state index in [0.29, 0.717) is 0 Å². The number of hydrogen-bond donors (Lipinski definition) is 0. The zero-order chi connectivity index (χ0) is 16.0. The van der Waals surface area contributed by atoms with Gasteiger partial charge in [-0.25, -0.2) is 0 Å². The van der Waals surface area contributed by atoms with Crippen LogP contribution < -0.4 is 0 Å². The molecule has 0 aromatic heterocycles. The molecule has 0 atom stereocenters. The van der Waals surface area contributed by atoms with Crippen LogP contribution in [0.25, 0.3) is 10.8 Å². The maximum Gasteiger partial charge on any atom is 0.160 e. The fraction of sp³-hybridized carbons (Fsp3) is 0.450. The maximum atomic E-state index is 12.1. The molecule has 2 aromatic rings. The van der Waals surface area contributed by atoms with Gasteiger partial charge in [-0.15, -0.1) is 0 Å². The predicted octanol–water partition coefficient (Wildman–Crippen LogP) is 5.64. The van der Waals surface area contributed by atoms with Crippen molar-refractivity contribution >= 4 is 16.6 Å². The number of carbonyl (C=O) groups excluding carboxylic acids is 1. The Balaban J connectivity index is 3.04. The summed E-state index contributed by atoms with van der Waals surface area (Å²) in [6.45, 7) is 14.9. The first-order valence-corrected chi connectivity index (χ1v) is 7.61. The maximum absolute atomic E-state index is 12.1. The van der Waals surface area contributed by atoms with Gasteiger partial charge in [-0.2, -0.15) is 0 Å². The van der Waals surface area contributed by atoms with Crippen molar-refractivity contribution in [1.29, 1.82) is 0 Å². The van der Waals surface area contributed by atoms with Crippen LogP contribution in [0.3, 0.4) is 0 Å². The summed E-state index contributed by atoms with van der Waals surface area (Å²) in [7, 11) is 0. The molecular formula is C20H26O. The molecule has 0 radical (unpaired) electrons. The van der Waals surface area contributed by atoms with Gasteiger partial charge in [0, 0.05) is 5.56 Å². The summed E-state index contributed by atoms with van der Waals surface area (Å²) in [5.41, 5.74) is 3.33. The van der Waals surface area contributed by atoms with E-state index in [-0.39, 0.29) is 16.6 Å². The number of rotatable bonds is 1. The summed E-state index contributed by atoms with van der Waals surface area (Å²) in [6, 6.07) is 10.5. The monoisotopic (exact) mass is 282 g/mol. The quantitative estimate of drug-likeness (QED) is 0.619. The van der Waals surface area contributed by atoms with Crippen LogP contribution in [0, 0.1) is 0 Å². The van der Waals surface area contributed by atoms with Crippen molar-refractivity contribution in [2.45, 2.75) is 59.3 Å². The molecule has 0 heterocycles. The highest BCUT2D eigenvalue weighted by molar-refractivity contribution is 6.03. The van der Waals surface area contributed by atoms with Gasteiger partial charge in [0.2, 0.25) is 0 Å². The van der Waals surface area contributed by atoms with Crippen molar-refractivity contribution in [1.82, 2.24) is 0 Å². The Kier molecular flexibility index (Phi) is 3.73. The Hall–Kier alpha value is -1.63. The number of fused-ring (bicyclic) bond motifs is 1. The summed E-state index contributed by atoms with van der Waals surface area (Å²) in [5, 5.41) is 2.47. The smallest absolute Gasteiger partial charge is 0.160 e. The van der Waals surface area contributed by atoms with Gasteiger partial charge in [0.05, 0.1) is 0 Å². The predicted molar refractivity (Wildman–Crippen MR) is 91.4 cm³/mol. The van der Waals surface area contributed by atoms with Gasteiger partial charge in [-0.1, -0.05) is 71.9 Å². The molecule has 112 valence electrons. The van der Waals surface area contributed by atoms with Gasteiger partial charge >= 0.3 is 0 Å². The van der Waals surface area contributed by atoms with E-state index in [2.05, 4.69) is 65.8 Å². The van der Waals surface area contributed by atoms with Crippen molar-refractivity contribution in [3.05, 3.63) is 47.0 Å². The lowest BCUT2D eigenvalue weighted by Crippen LogP contribution is -2.20. The third-order valence-corrected chi connectivity index (χ3v) is 3.98. The zero-order valence-electron chi connectivity index (χ0n) is 14.3. The van der Waals surface area contributed by atoms with Gasteiger partial charge in [0.15, 0.2) is 5.78 Å². The van der Waals surface area contributed by atoms with Crippen molar-refractivity contribution in [3.8, 4) is 0 Å². The molecule has 0 unspecified atom stereocenters. The molecule has 1 nitrogen and oxygen atoms in total. The minimum atomic E-state index is -0.0676. The molecule has 0 N–H and O–H groups in total. The van der Waals surface area contributed by atoms with E-state index in [1.54, 1.807) is 6.92 Å². The Labute approximate surface area is 128 Å². The Morgan fingerprint density at radius 1 is 0.857 bits per heavy atom. The third kappa shape index (κ3) is 2.88. The Bertz CT molecular complexity index is 694. The van der Waals surface area contributed by atoms with Gasteiger partial charge in [0.25, 0.3) is 0 Å². The number of hydrogen-bond acceptors (Lipinski definition) is 1. The standard InChI is InChI=1S/C20H26O/c1-13(21)15-12-11-14-9-8-10-16(19(2,3)4)17(14)18(15)20(5,6)7/h8-12H,1-7H3. The normalized spacial score (nSPS) is 12.7. The number of benzene rings is 2. The van der Waals surface area contributed by atoms with E-state index in [9.17, 15) is 4.79 Å². The van der Waals surface area contributed by atoms with Crippen LogP contribution in [0.15, 0.2) is 30.3 Å². The molecule has 0 aliphatic rings. The average Bonchev–Trinajstić information content (AvgIpc) is 2.34. The molecule has 0 spiro atoms. The summed E-state index contributed by atoms with van der Waals surface area (Å²) in [4.78, 5) is 12.1. The second kappa shape index (κ2) is 4.98. The summed E-state index contributed by atoms with van der Waals surface area (Å²) in [5.74, 6) is 0.144. The molecule has 0 saturated carbocycles. The van der Waals surface area contributed by atoms with Crippen molar-refractivity contribution in [2.24, 2.45) is 0 Å². The second-order valence-corrected chi connectivity index (χ2v) is 7.95. The van der Waals surface area contributed by atoms with Crippen LogP contribution in [0.5, 0.6) is 0 Å². The molecule has 2 rings (SSSR count). The molecule has 0 saturated heterocycles. The van der Waals surface area contributed by atoms with Crippen LogP contribution >= 0.6 is 0 Å². The molecule has 21 heavy (non-hydrogen) atoms. The molecule has 0 aliphatic carbocycles. The highest BCUT2D eigenvalue weighted by Gasteiger charge is 2.27. The van der Waals surface area contributed by atoms with Crippen LogP contribution in [0.4, 0.5) is 0 Å². The van der Waals surface area contributed by atoms with E-state index < -0.39 is 0 Å².